The number of hydrogen-bond acceptors (Lipinski definition) is 4. The van der Waals surface area contributed by atoms with Gasteiger partial charge in [-0.15, -0.1) is 0 Å². The topological polar surface area (TPSA) is 81.5 Å². The third-order valence-electron chi connectivity index (χ3n) is 6.42. The number of nitrogens with zero attached hydrogens (tertiary/aromatic N) is 2. The number of anilines is 1. The number of fused-ring (bicyclic) bond motifs is 1. The van der Waals surface area contributed by atoms with E-state index in [4.69, 9.17) is 0 Å². The first-order valence-electron chi connectivity index (χ1n) is 9.33. The lowest BCUT2D eigenvalue weighted by Crippen LogP contribution is -2.54. The van der Waals surface area contributed by atoms with E-state index in [1.807, 2.05) is 25.3 Å². The van der Waals surface area contributed by atoms with Gasteiger partial charge in [-0.1, -0.05) is 38.1 Å². The number of aliphatic hydroxyl groups is 2. The Balaban J connectivity index is 1.68. The van der Waals surface area contributed by atoms with E-state index in [1.165, 1.54) is 10.2 Å². The van der Waals surface area contributed by atoms with E-state index in [-0.39, 0.29) is 11.0 Å². The molecule has 1 aliphatic heterocycles. The smallest absolute Gasteiger partial charge is 0.270 e. The van der Waals surface area contributed by atoms with Gasteiger partial charge in [0.25, 0.3) is 5.56 Å². The average Bonchev–Trinajstić information content (AvgIpc) is 2.98. The molecule has 3 N–H and O–H groups in total. The number of hydrogen-bond donors (Lipinski definition) is 3. The fourth-order valence-electron chi connectivity index (χ4n) is 4.86. The molecular weight excluding hydrogens is 342 g/mol. The summed E-state index contributed by atoms with van der Waals surface area (Å²) in [4.78, 5) is 14.5. The van der Waals surface area contributed by atoms with E-state index in [1.54, 1.807) is 14.0 Å². The van der Waals surface area contributed by atoms with Crippen molar-refractivity contribution in [1.29, 1.82) is 0 Å². The van der Waals surface area contributed by atoms with Crippen LogP contribution in [0.25, 0.3) is 0 Å². The summed E-state index contributed by atoms with van der Waals surface area (Å²) in [5.41, 5.74) is 4.21. The van der Waals surface area contributed by atoms with Crippen molar-refractivity contribution in [2.24, 2.45) is 13.0 Å². The molecule has 0 spiro atoms. The van der Waals surface area contributed by atoms with Crippen molar-refractivity contribution in [1.82, 2.24) is 9.78 Å². The van der Waals surface area contributed by atoms with Crippen LogP contribution in [0.5, 0.6) is 0 Å². The molecule has 0 amide bonds. The first kappa shape index (κ1) is 18.1. The molecule has 0 bridgehead atoms. The second kappa shape index (κ2) is 5.84. The van der Waals surface area contributed by atoms with E-state index in [0.29, 0.717) is 11.3 Å². The number of H-pyrrole nitrogens is 1. The lowest BCUT2D eigenvalue weighted by molar-refractivity contribution is -0.0952. The zero-order chi connectivity index (χ0) is 19.7. The van der Waals surface area contributed by atoms with Gasteiger partial charge in [0, 0.05) is 54.0 Å². The van der Waals surface area contributed by atoms with Crippen LogP contribution in [-0.4, -0.2) is 39.2 Å². The number of benzene rings is 1. The largest absolute Gasteiger partial charge is 0.392 e. The van der Waals surface area contributed by atoms with Crippen LogP contribution in [0.3, 0.4) is 0 Å². The first-order chi connectivity index (χ1) is 12.7. The fourth-order valence-corrected chi connectivity index (χ4v) is 4.86. The first-order valence-corrected chi connectivity index (χ1v) is 9.33. The number of aromatic nitrogens is 2. The quantitative estimate of drug-likeness (QED) is 0.754. The molecule has 27 heavy (non-hydrogen) atoms. The van der Waals surface area contributed by atoms with Crippen molar-refractivity contribution in [3.63, 3.8) is 0 Å². The van der Waals surface area contributed by atoms with Crippen LogP contribution in [0.2, 0.25) is 0 Å². The Bertz CT molecular complexity index is 975. The second-order valence-electron chi connectivity index (χ2n) is 8.35. The molecule has 4 rings (SSSR count). The van der Waals surface area contributed by atoms with Crippen molar-refractivity contribution >= 4 is 5.69 Å². The zero-order valence-electron chi connectivity index (χ0n) is 16.4. The molecular formula is C21H27N3O3. The lowest BCUT2D eigenvalue weighted by Gasteiger charge is -2.45. The maximum atomic E-state index is 12.4. The third-order valence-corrected chi connectivity index (χ3v) is 6.42. The molecule has 6 heteroatoms. The highest BCUT2D eigenvalue weighted by atomic mass is 16.3. The molecule has 0 radical (unpaired) electrons. The average molecular weight is 369 g/mol. The molecule has 2 aliphatic rings. The molecule has 1 aromatic carbocycles. The van der Waals surface area contributed by atoms with Crippen LogP contribution in [0.4, 0.5) is 5.69 Å². The van der Waals surface area contributed by atoms with Crippen molar-refractivity contribution in [2.75, 3.05) is 11.9 Å². The van der Waals surface area contributed by atoms with Crippen molar-refractivity contribution in [2.45, 2.75) is 44.3 Å². The molecule has 1 aromatic heterocycles. The highest BCUT2D eigenvalue weighted by Gasteiger charge is 2.52. The Hall–Kier alpha value is -2.31. The Morgan fingerprint density at radius 2 is 1.78 bits per heavy atom. The van der Waals surface area contributed by atoms with Crippen LogP contribution in [0, 0.1) is 12.8 Å². The Labute approximate surface area is 158 Å². The van der Waals surface area contributed by atoms with Gasteiger partial charge < -0.3 is 15.1 Å². The summed E-state index contributed by atoms with van der Waals surface area (Å²) in [6, 6.07) is 8.25. The zero-order valence-corrected chi connectivity index (χ0v) is 16.4. The predicted octanol–water partition coefficient (Wildman–Crippen LogP) is 1.77. The van der Waals surface area contributed by atoms with E-state index < -0.39 is 24.0 Å². The van der Waals surface area contributed by atoms with Gasteiger partial charge in [-0.2, -0.15) is 0 Å². The van der Waals surface area contributed by atoms with Crippen LogP contribution in [0.15, 0.2) is 40.8 Å². The minimum atomic E-state index is -0.789. The number of nitrogens with one attached hydrogen (secondary N) is 1. The van der Waals surface area contributed by atoms with Gasteiger partial charge in [0.1, 0.15) is 0 Å². The second-order valence-corrected chi connectivity index (χ2v) is 8.35. The highest BCUT2D eigenvalue weighted by molar-refractivity contribution is 5.69. The summed E-state index contributed by atoms with van der Waals surface area (Å²) in [5, 5.41) is 24.5. The fraction of sp³-hybridized carbons (Fsp3) is 0.476. The van der Waals surface area contributed by atoms with Crippen molar-refractivity contribution in [3.8, 4) is 0 Å². The summed E-state index contributed by atoms with van der Waals surface area (Å²) in [6.07, 6.45) is 0.406. The summed E-state index contributed by atoms with van der Waals surface area (Å²) in [7, 11) is 3.66. The minimum Gasteiger partial charge on any atom is -0.392 e. The molecule has 1 aliphatic carbocycles. The van der Waals surface area contributed by atoms with E-state index in [2.05, 4.69) is 36.0 Å². The molecule has 6 nitrogen and oxygen atoms in total. The molecule has 0 saturated heterocycles. The standard InChI is InChI=1S/C21H27N3O3/c1-11-16(20(27)24(5)22-11)17-18(25)12(19(17)26)10-15-21(2,3)13-8-6-7-9-14(13)23(15)4/h6-10,12,17-19,22,25-26H,1-5H3/b15-10+. The Morgan fingerprint density at radius 1 is 1.15 bits per heavy atom. The SMILES string of the molecule is Cc1[nH]n(C)c(=O)c1C1C(O)C(/C=C2/N(C)c3ccccc3C2(C)C)C1O. The Kier molecular flexibility index (Phi) is 3.91. The third kappa shape index (κ3) is 2.36. The lowest BCUT2D eigenvalue weighted by atomic mass is 9.65. The molecule has 2 atom stereocenters. The maximum Gasteiger partial charge on any atom is 0.270 e. The predicted molar refractivity (Wildman–Crippen MR) is 105 cm³/mol. The molecule has 1 fully saturated rings. The number of para-hydroxylation sites is 1. The van der Waals surface area contributed by atoms with Gasteiger partial charge in [-0.25, -0.2) is 0 Å². The van der Waals surface area contributed by atoms with Crippen LogP contribution in [0.1, 0.15) is 36.6 Å². The number of aliphatic hydroxyl groups excluding tert-OH is 2. The summed E-state index contributed by atoms with van der Waals surface area (Å²) >= 11 is 0. The van der Waals surface area contributed by atoms with E-state index in [9.17, 15) is 15.0 Å². The van der Waals surface area contributed by atoms with E-state index >= 15 is 0 Å². The summed E-state index contributed by atoms with van der Waals surface area (Å²) in [5.74, 6) is -0.964. The number of aromatic amines is 1. The minimum absolute atomic E-state index is 0.188. The molecule has 1 saturated carbocycles. The van der Waals surface area contributed by atoms with Crippen LogP contribution >= 0.6 is 0 Å². The van der Waals surface area contributed by atoms with Gasteiger partial charge in [0.2, 0.25) is 0 Å². The van der Waals surface area contributed by atoms with Crippen molar-refractivity contribution < 1.29 is 10.2 Å². The van der Waals surface area contributed by atoms with Gasteiger partial charge >= 0.3 is 0 Å². The van der Waals surface area contributed by atoms with Crippen molar-refractivity contribution in [3.05, 3.63) is 63.2 Å². The van der Waals surface area contributed by atoms with Gasteiger partial charge in [-0.3, -0.25) is 14.6 Å². The van der Waals surface area contributed by atoms with Crippen LogP contribution < -0.4 is 10.5 Å². The van der Waals surface area contributed by atoms with Gasteiger partial charge in [-0.05, 0) is 18.6 Å². The van der Waals surface area contributed by atoms with Gasteiger partial charge in [0.05, 0.1) is 12.2 Å². The molecule has 2 heterocycles. The van der Waals surface area contributed by atoms with E-state index in [0.717, 1.165) is 11.4 Å². The number of aryl methyl sites for hydroxylation is 2. The molecule has 144 valence electrons. The summed E-state index contributed by atoms with van der Waals surface area (Å²) < 4.78 is 1.39. The van der Waals surface area contributed by atoms with Crippen LogP contribution in [-0.2, 0) is 12.5 Å². The number of likely N-dealkylation sites (N-methyl/N-ethyl adjacent to an activating group) is 1. The Morgan fingerprint density at radius 3 is 2.33 bits per heavy atom. The van der Waals surface area contributed by atoms with Gasteiger partial charge in [0.15, 0.2) is 0 Å². The summed E-state index contributed by atoms with van der Waals surface area (Å²) in [6.45, 7) is 6.11. The highest BCUT2D eigenvalue weighted by Crippen LogP contribution is 2.50. The molecule has 2 unspecified atom stereocenters. The normalized spacial score (nSPS) is 30.5. The molecule has 2 aromatic rings. The number of allylic oxidation sites excluding steroid dienone is 1. The maximum absolute atomic E-state index is 12.4. The monoisotopic (exact) mass is 369 g/mol. The number of rotatable bonds is 2.